The second-order valence-corrected chi connectivity index (χ2v) is 6.09. The third-order valence-corrected chi connectivity index (χ3v) is 4.37. The van der Waals surface area contributed by atoms with E-state index in [0.29, 0.717) is 29.7 Å². The van der Waals surface area contributed by atoms with E-state index in [1.54, 1.807) is 7.11 Å². The molecule has 0 bridgehead atoms. The van der Waals surface area contributed by atoms with E-state index >= 15 is 0 Å². The molecular weight excluding hydrogens is 302 g/mol. The molecule has 0 unspecified atom stereocenters. The van der Waals surface area contributed by atoms with Crippen LogP contribution >= 0.6 is 0 Å². The summed E-state index contributed by atoms with van der Waals surface area (Å²) in [6.45, 7) is 0.435. The van der Waals surface area contributed by atoms with Crippen LogP contribution in [0.1, 0.15) is 41.6 Å². The minimum atomic E-state index is 0.0131. The largest absolute Gasteiger partial charge is 0.493 e. The first-order chi connectivity index (χ1) is 11.8. The number of hydrogen-bond donors (Lipinski definition) is 1. The van der Waals surface area contributed by atoms with Crippen molar-refractivity contribution in [3.05, 3.63) is 59.7 Å². The molecule has 4 heteroatoms. The molecule has 4 nitrogen and oxygen atoms in total. The highest BCUT2D eigenvalue weighted by Crippen LogP contribution is 2.26. The van der Waals surface area contributed by atoms with E-state index in [-0.39, 0.29) is 5.91 Å². The van der Waals surface area contributed by atoms with Crippen molar-refractivity contribution >= 4 is 5.91 Å². The summed E-state index contributed by atoms with van der Waals surface area (Å²) in [7, 11) is 1.62. The van der Waals surface area contributed by atoms with E-state index in [1.807, 2.05) is 48.5 Å². The van der Waals surface area contributed by atoms with Gasteiger partial charge in [-0.05, 0) is 42.7 Å². The van der Waals surface area contributed by atoms with Crippen molar-refractivity contribution in [1.29, 1.82) is 0 Å². The Kier molecular flexibility index (Phi) is 5.36. The van der Waals surface area contributed by atoms with Gasteiger partial charge in [-0.25, -0.2) is 0 Å². The van der Waals surface area contributed by atoms with Crippen molar-refractivity contribution in [2.75, 3.05) is 7.11 Å². The Bertz CT molecular complexity index is 676. The number of para-hydroxylation sites is 2. The first-order valence-electron chi connectivity index (χ1n) is 8.42. The van der Waals surface area contributed by atoms with Gasteiger partial charge < -0.3 is 14.8 Å². The molecule has 0 spiro atoms. The van der Waals surface area contributed by atoms with Crippen molar-refractivity contribution < 1.29 is 14.3 Å². The molecule has 0 saturated heterocycles. The van der Waals surface area contributed by atoms with Crippen LogP contribution in [0.4, 0.5) is 0 Å². The number of methoxy groups -OCH3 is 1. The number of ether oxygens (including phenoxy) is 2. The topological polar surface area (TPSA) is 47.6 Å². The summed E-state index contributed by atoms with van der Waals surface area (Å²) in [5.41, 5.74) is 1.71. The fourth-order valence-corrected chi connectivity index (χ4v) is 2.99. The van der Waals surface area contributed by atoms with Crippen molar-refractivity contribution in [2.24, 2.45) is 0 Å². The second-order valence-electron chi connectivity index (χ2n) is 6.09. The van der Waals surface area contributed by atoms with Crippen molar-refractivity contribution in [2.45, 2.75) is 38.3 Å². The van der Waals surface area contributed by atoms with Gasteiger partial charge in [0.2, 0.25) is 0 Å². The smallest absolute Gasteiger partial charge is 0.251 e. The molecule has 24 heavy (non-hydrogen) atoms. The van der Waals surface area contributed by atoms with Gasteiger partial charge in [0.15, 0.2) is 11.5 Å². The Morgan fingerprint density at radius 3 is 2.38 bits per heavy atom. The minimum absolute atomic E-state index is 0.0131. The Labute approximate surface area is 142 Å². The summed E-state index contributed by atoms with van der Waals surface area (Å²) < 4.78 is 11.1. The summed E-state index contributed by atoms with van der Waals surface area (Å²) in [6.07, 6.45) is 4.61. The quantitative estimate of drug-likeness (QED) is 0.875. The van der Waals surface area contributed by atoms with E-state index in [2.05, 4.69) is 5.32 Å². The highest BCUT2D eigenvalue weighted by molar-refractivity contribution is 5.94. The molecule has 0 heterocycles. The minimum Gasteiger partial charge on any atom is -0.493 e. The van der Waals surface area contributed by atoms with Gasteiger partial charge in [-0.15, -0.1) is 0 Å². The average Bonchev–Trinajstić information content (AvgIpc) is 3.13. The van der Waals surface area contributed by atoms with Crippen LogP contribution in [0, 0.1) is 0 Å². The number of carbonyl (C=O) groups is 1. The van der Waals surface area contributed by atoms with Crippen molar-refractivity contribution in [3.8, 4) is 11.5 Å². The highest BCUT2D eigenvalue weighted by Gasteiger charge is 2.17. The standard InChI is InChI=1S/C20H23NO3/c1-23-18-8-4-5-9-19(18)24-14-15-10-12-16(13-11-15)20(22)21-17-6-2-3-7-17/h4-5,8-13,17H,2-3,6-7,14H2,1H3,(H,21,22). The van der Waals surface area contributed by atoms with Crippen LogP contribution < -0.4 is 14.8 Å². The first-order valence-corrected chi connectivity index (χ1v) is 8.42. The summed E-state index contributed by atoms with van der Waals surface area (Å²) in [5.74, 6) is 1.44. The molecule has 2 aromatic carbocycles. The second kappa shape index (κ2) is 7.86. The Morgan fingerprint density at radius 1 is 1.04 bits per heavy atom. The zero-order chi connectivity index (χ0) is 16.8. The Balaban J connectivity index is 1.57. The van der Waals surface area contributed by atoms with Crippen LogP contribution in [-0.2, 0) is 6.61 Å². The molecule has 1 aliphatic rings. The van der Waals surface area contributed by atoms with Crippen LogP contribution in [0.15, 0.2) is 48.5 Å². The lowest BCUT2D eigenvalue weighted by atomic mass is 10.1. The number of rotatable bonds is 6. The zero-order valence-corrected chi connectivity index (χ0v) is 14.0. The lowest BCUT2D eigenvalue weighted by Gasteiger charge is -2.13. The van der Waals surface area contributed by atoms with Gasteiger partial charge in [0, 0.05) is 11.6 Å². The number of hydrogen-bond acceptors (Lipinski definition) is 3. The first kappa shape index (κ1) is 16.4. The fraction of sp³-hybridized carbons (Fsp3) is 0.350. The average molecular weight is 325 g/mol. The summed E-state index contributed by atoms with van der Waals surface area (Å²) in [4.78, 5) is 12.2. The molecule has 1 fully saturated rings. The van der Waals surface area contributed by atoms with Crippen LogP contribution in [0.5, 0.6) is 11.5 Å². The molecule has 0 aliphatic heterocycles. The maximum absolute atomic E-state index is 12.2. The van der Waals surface area contributed by atoms with Crippen LogP contribution in [0.2, 0.25) is 0 Å². The molecule has 1 amide bonds. The van der Waals surface area contributed by atoms with Crippen molar-refractivity contribution in [3.63, 3.8) is 0 Å². The molecule has 126 valence electrons. The highest BCUT2D eigenvalue weighted by atomic mass is 16.5. The van der Waals surface area contributed by atoms with E-state index in [4.69, 9.17) is 9.47 Å². The maximum atomic E-state index is 12.2. The molecule has 1 saturated carbocycles. The van der Waals surface area contributed by atoms with Gasteiger partial charge in [0.05, 0.1) is 7.11 Å². The van der Waals surface area contributed by atoms with Crippen LogP contribution in [0.25, 0.3) is 0 Å². The number of benzene rings is 2. The molecule has 0 atom stereocenters. The zero-order valence-electron chi connectivity index (χ0n) is 14.0. The van der Waals surface area contributed by atoms with Crippen LogP contribution in [0.3, 0.4) is 0 Å². The summed E-state index contributed by atoms with van der Waals surface area (Å²) in [5, 5.41) is 3.10. The summed E-state index contributed by atoms with van der Waals surface area (Å²) in [6, 6.07) is 15.5. The lowest BCUT2D eigenvalue weighted by Crippen LogP contribution is -2.32. The van der Waals surface area contributed by atoms with Gasteiger partial charge in [-0.1, -0.05) is 37.1 Å². The third kappa shape index (κ3) is 4.07. The maximum Gasteiger partial charge on any atom is 0.251 e. The fourth-order valence-electron chi connectivity index (χ4n) is 2.99. The van der Waals surface area contributed by atoms with E-state index in [0.717, 1.165) is 18.4 Å². The molecular formula is C20H23NO3. The molecule has 1 aliphatic carbocycles. The van der Waals surface area contributed by atoms with Gasteiger partial charge in [0.1, 0.15) is 6.61 Å². The van der Waals surface area contributed by atoms with Gasteiger partial charge in [-0.3, -0.25) is 4.79 Å². The number of nitrogens with one attached hydrogen (secondary N) is 1. The monoisotopic (exact) mass is 325 g/mol. The Morgan fingerprint density at radius 2 is 1.71 bits per heavy atom. The number of carbonyl (C=O) groups excluding carboxylic acids is 1. The lowest BCUT2D eigenvalue weighted by molar-refractivity contribution is 0.0938. The predicted molar refractivity (Wildman–Crippen MR) is 93.5 cm³/mol. The van der Waals surface area contributed by atoms with Gasteiger partial charge in [0.25, 0.3) is 5.91 Å². The van der Waals surface area contributed by atoms with Gasteiger partial charge >= 0.3 is 0 Å². The molecule has 3 rings (SSSR count). The van der Waals surface area contributed by atoms with Gasteiger partial charge in [-0.2, -0.15) is 0 Å². The SMILES string of the molecule is COc1ccccc1OCc1ccc(C(=O)NC2CCCC2)cc1. The van der Waals surface area contributed by atoms with E-state index < -0.39 is 0 Å². The predicted octanol–water partition coefficient (Wildman–Crippen LogP) is 3.95. The molecule has 0 radical (unpaired) electrons. The summed E-state index contributed by atoms with van der Waals surface area (Å²) >= 11 is 0. The Hall–Kier alpha value is -2.49. The third-order valence-electron chi connectivity index (χ3n) is 4.37. The van der Waals surface area contributed by atoms with E-state index in [9.17, 15) is 4.79 Å². The molecule has 0 aromatic heterocycles. The van der Waals surface area contributed by atoms with Crippen LogP contribution in [-0.4, -0.2) is 19.1 Å². The normalized spacial score (nSPS) is 14.4. The molecule has 1 N–H and O–H groups in total. The number of amides is 1. The van der Waals surface area contributed by atoms with Crippen molar-refractivity contribution in [1.82, 2.24) is 5.32 Å². The van der Waals surface area contributed by atoms with E-state index in [1.165, 1.54) is 12.8 Å². The molecule has 2 aromatic rings.